The van der Waals surface area contributed by atoms with E-state index in [9.17, 15) is 19.8 Å². The number of esters is 1. The Kier molecular flexibility index (Phi) is 72.3. The number of carbonyl (C=O) groups is 2. The second kappa shape index (κ2) is 73.8. The van der Waals surface area contributed by atoms with Gasteiger partial charge in [-0.3, -0.25) is 9.59 Å². The van der Waals surface area contributed by atoms with Crippen LogP contribution in [0.4, 0.5) is 0 Å². The molecule has 0 aromatic rings. The highest BCUT2D eigenvalue weighted by atomic mass is 16.5. The Morgan fingerprint density at radius 1 is 0.321 bits per heavy atom. The lowest BCUT2D eigenvalue weighted by Gasteiger charge is -2.22. The highest BCUT2D eigenvalue weighted by molar-refractivity contribution is 5.76. The van der Waals surface area contributed by atoms with Crippen molar-refractivity contribution in [1.82, 2.24) is 5.32 Å². The van der Waals surface area contributed by atoms with Crippen LogP contribution in [0.1, 0.15) is 438 Å². The number of allylic oxidation sites excluding steroid dienone is 4. The first kappa shape index (κ1) is 82.3. The predicted molar refractivity (Wildman–Crippen MR) is 370 cm³/mol. The quantitative estimate of drug-likeness (QED) is 0.0320. The van der Waals surface area contributed by atoms with Gasteiger partial charge in [-0.1, -0.05) is 372 Å². The van der Waals surface area contributed by atoms with E-state index in [1.807, 2.05) is 0 Å². The van der Waals surface area contributed by atoms with Crippen molar-refractivity contribution in [3.05, 3.63) is 24.3 Å². The van der Waals surface area contributed by atoms with Crippen molar-refractivity contribution in [2.24, 2.45) is 0 Å². The summed E-state index contributed by atoms with van der Waals surface area (Å²) in [4.78, 5) is 24.7. The van der Waals surface area contributed by atoms with Crippen molar-refractivity contribution in [3.63, 3.8) is 0 Å². The molecule has 0 heterocycles. The number of aliphatic hydroxyl groups is 2. The highest BCUT2D eigenvalue weighted by Crippen LogP contribution is 2.20. The van der Waals surface area contributed by atoms with Crippen molar-refractivity contribution in [2.45, 2.75) is 450 Å². The number of amides is 1. The molecule has 1 amide bonds. The fourth-order valence-electron chi connectivity index (χ4n) is 12.3. The zero-order valence-corrected chi connectivity index (χ0v) is 57.2. The molecule has 0 aliphatic rings. The Bertz CT molecular complexity index is 1320. The molecule has 2 unspecified atom stereocenters. The summed E-state index contributed by atoms with van der Waals surface area (Å²) in [6, 6.07) is -0.545. The summed E-state index contributed by atoms with van der Waals surface area (Å²) in [5, 5.41) is 23.5. The number of unbranched alkanes of at least 4 members (excludes halogenated alkanes) is 58. The summed E-state index contributed by atoms with van der Waals surface area (Å²) in [5.74, 6) is -0.0213. The van der Waals surface area contributed by atoms with Gasteiger partial charge in [0.2, 0.25) is 5.91 Å². The van der Waals surface area contributed by atoms with Gasteiger partial charge in [-0.15, -0.1) is 0 Å². The van der Waals surface area contributed by atoms with E-state index in [0.29, 0.717) is 25.9 Å². The Hall–Kier alpha value is -1.66. The molecule has 3 N–H and O–H groups in total. The number of hydrogen-bond acceptors (Lipinski definition) is 5. The molecule has 0 aliphatic carbocycles. The first-order valence-electron chi connectivity index (χ1n) is 38.6. The molecular formula is C78H151NO5. The second-order valence-electron chi connectivity index (χ2n) is 26.7. The topological polar surface area (TPSA) is 95.9 Å². The summed E-state index contributed by atoms with van der Waals surface area (Å²) in [5.41, 5.74) is 0. The van der Waals surface area contributed by atoms with Crippen LogP contribution in [0.5, 0.6) is 0 Å². The lowest BCUT2D eigenvalue weighted by atomic mass is 10.0. The molecule has 84 heavy (non-hydrogen) atoms. The van der Waals surface area contributed by atoms with Crippen LogP contribution in [0, 0.1) is 0 Å². The predicted octanol–water partition coefficient (Wildman–Crippen LogP) is 25.3. The Balaban J connectivity index is 3.39. The van der Waals surface area contributed by atoms with Crippen LogP contribution >= 0.6 is 0 Å². The van der Waals surface area contributed by atoms with Crippen LogP contribution in [0.3, 0.4) is 0 Å². The molecule has 6 nitrogen and oxygen atoms in total. The van der Waals surface area contributed by atoms with E-state index >= 15 is 0 Å². The first-order valence-corrected chi connectivity index (χ1v) is 38.6. The molecule has 498 valence electrons. The summed E-state index contributed by atoms with van der Waals surface area (Å²) >= 11 is 0. The average Bonchev–Trinajstić information content (AvgIpc) is 3.51. The molecule has 0 aromatic heterocycles. The zero-order valence-electron chi connectivity index (χ0n) is 57.2. The van der Waals surface area contributed by atoms with E-state index in [-0.39, 0.29) is 18.5 Å². The monoisotopic (exact) mass is 1180 g/mol. The number of nitrogens with one attached hydrogen (secondary N) is 1. The summed E-state index contributed by atoms with van der Waals surface area (Å²) < 4.78 is 5.50. The van der Waals surface area contributed by atoms with Gasteiger partial charge in [0, 0.05) is 12.8 Å². The van der Waals surface area contributed by atoms with Crippen LogP contribution in [-0.4, -0.2) is 47.4 Å². The molecule has 0 bridgehead atoms. The van der Waals surface area contributed by atoms with Gasteiger partial charge in [-0.2, -0.15) is 0 Å². The number of aliphatic hydroxyl groups excluding tert-OH is 2. The Morgan fingerprint density at radius 3 is 0.845 bits per heavy atom. The van der Waals surface area contributed by atoms with Crippen molar-refractivity contribution in [2.75, 3.05) is 13.2 Å². The number of hydrogen-bond donors (Lipinski definition) is 3. The third-order valence-electron chi connectivity index (χ3n) is 18.2. The van der Waals surface area contributed by atoms with E-state index in [1.54, 1.807) is 0 Å². The number of rotatable bonds is 73. The van der Waals surface area contributed by atoms with Gasteiger partial charge >= 0.3 is 5.97 Å². The molecule has 6 heteroatoms. The fourth-order valence-corrected chi connectivity index (χ4v) is 12.3. The van der Waals surface area contributed by atoms with E-state index in [1.165, 1.54) is 360 Å². The minimum absolute atomic E-state index is 0.0114. The van der Waals surface area contributed by atoms with Crippen LogP contribution in [-0.2, 0) is 14.3 Å². The molecule has 0 radical (unpaired) electrons. The van der Waals surface area contributed by atoms with Gasteiger partial charge in [0.25, 0.3) is 0 Å². The third-order valence-corrected chi connectivity index (χ3v) is 18.2. The van der Waals surface area contributed by atoms with Crippen molar-refractivity contribution >= 4 is 11.9 Å². The van der Waals surface area contributed by atoms with Gasteiger partial charge in [0.05, 0.1) is 25.4 Å². The lowest BCUT2D eigenvalue weighted by molar-refractivity contribution is -0.143. The minimum atomic E-state index is -0.668. The second-order valence-corrected chi connectivity index (χ2v) is 26.7. The SMILES string of the molecule is CCCCCCCC/C=C\CCCCCCCCCC(=O)OCCCCCCCCCCCCCC/C=C\CCCCCCCCCCCC(=O)NC(CO)C(O)CCCCCCCCCCCCCCCCCCCCCCCCCCC. The molecule has 0 spiro atoms. The van der Waals surface area contributed by atoms with E-state index < -0.39 is 12.1 Å². The molecule has 0 saturated heterocycles. The molecule has 0 aromatic carbocycles. The van der Waals surface area contributed by atoms with E-state index in [4.69, 9.17) is 4.74 Å². The molecule has 0 rings (SSSR count). The molecule has 0 saturated carbocycles. The van der Waals surface area contributed by atoms with E-state index in [0.717, 1.165) is 44.9 Å². The van der Waals surface area contributed by atoms with Gasteiger partial charge in [0.15, 0.2) is 0 Å². The summed E-state index contributed by atoms with van der Waals surface area (Å²) in [6.07, 6.45) is 93.9. The van der Waals surface area contributed by atoms with Gasteiger partial charge in [0.1, 0.15) is 0 Å². The molecular weight excluding hydrogens is 1030 g/mol. The zero-order chi connectivity index (χ0) is 60.6. The average molecular weight is 1180 g/mol. The van der Waals surface area contributed by atoms with Crippen molar-refractivity contribution in [3.8, 4) is 0 Å². The Labute approximate surface area is 526 Å². The molecule has 0 fully saturated rings. The number of carbonyl (C=O) groups excluding carboxylic acids is 2. The Morgan fingerprint density at radius 2 is 0.560 bits per heavy atom. The summed E-state index contributed by atoms with van der Waals surface area (Å²) in [7, 11) is 0. The fraction of sp³-hybridized carbons (Fsp3) is 0.923. The van der Waals surface area contributed by atoms with Crippen LogP contribution in [0.2, 0.25) is 0 Å². The molecule has 2 atom stereocenters. The van der Waals surface area contributed by atoms with Gasteiger partial charge < -0.3 is 20.3 Å². The highest BCUT2D eigenvalue weighted by Gasteiger charge is 2.20. The minimum Gasteiger partial charge on any atom is -0.466 e. The smallest absolute Gasteiger partial charge is 0.305 e. The van der Waals surface area contributed by atoms with Crippen LogP contribution in [0.25, 0.3) is 0 Å². The van der Waals surface area contributed by atoms with Gasteiger partial charge in [-0.25, -0.2) is 0 Å². The largest absolute Gasteiger partial charge is 0.466 e. The third kappa shape index (κ3) is 69.4. The van der Waals surface area contributed by atoms with Crippen LogP contribution in [0.15, 0.2) is 24.3 Å². The number of ether oxygens (including phenoxy) is 1. The van der Waals surface area contributed by atoms with Gasteiger partial charge in [-0.05, 0) is 77.0 Å². The maximum absolute atomic E-state index is 12.6. The normalized spacial score (nSPS) is 12.6. The van der Waals surface area contributed by atoms with Crippen LogP contribution < -0.4 is 5.32 Å². The summed E-state index contributed by atoms with van der Waals surface area (Å²) in [6.45, 7) is 4.99. The van der Waals surface area contributed by atoms with Crippen molar-refractivity contribution in [1.29, 1.82) is 0 Å². The molecule has 0 aliphatic heterocycles. The first-order chi connectivity index (χ1) is 41.5. The maximum atomic E-state index is 12.6. The lowest BCUT2D eigenvalue weighted by Crippen LogP contribution is -2.45. The van der Waals surface area contributed by atoms with E-state index in [2.05, 4.69) is 43.5 Å². The maximum Gasteiger partial charge on any atom is 0.305 e. The van der Waals surface area contributed by atoms with Crippen molar-refractivity contribution < 1.29 is 24.5 Å². The standard InChI is InChI=1S/C78H151NO5/c1-3-5-7-9-11-13-15-17-19-21-22-23-24-26-29-32-35-39-42-46-50-54-58-62-66-70-76(81)75(74-80)79-77(82)71-67-63-59-55-51-47-43-40-36-33-30-27-25-28-31-34-37-41-45-49-53-57-61-65-69-73-84-78(83)72-68-64-60-56-52-48-44-38-20-18-16-14-12-10-8-6-4-2/h18,20,27,30,75-76,80-81H,3-17,19,21-26,28-29,31-74H2,1-2H3,(H,79,82)/b20-18-,30-27-.